The minimum Gasteiger partial charge on any atom is -0.493 e. The number of ether oxygens (including phenoxy) is 4. The van der Waals surface area contributed by atoms with Crippen LogP contribution in [0.1, 0.15) is 50.2 Å². The summed E-state index contributed by atoms with van der Waals surface area (Å²) in [5.74, 6) is -5.01. The number of benzene rings is 1. The van der Waals surface area contributed by atoms with Gasteiger partial charge in [-0.05, 0) is 57.5 Å². The number of nitrogens with one attached hydrogen (secondary N) is 1. The number of aliphatic hydroxyl groups is 2. The third-order valence-electron chi connectivity index (χ3n) is 9.33. The summed E-state index contributed by atoms with van der Waals surface area (Å²) < 4.78 is 23.0. The van der Waals surface area contributed by atoms with Crippen molar-refractivity contribution in [1.82, 2.24) is 10.2 Å². The van der Waals surface area contributed by atoms with Gasteiger partial charge in [-0.1, -0.05) is 6.07 Å². The molecule has 2 heterocycles. The Morgan fingerprint density at radius 2 is 1.89 bits per heavy atom. The molecule has 1 aromatic carbocycles. The van der Waals surface area contributed by atoms with Crippen LogP contribution in [0.3, 0.4) is 0 Å². The Morgan fingerprint density at radius 1 is 1.17 bits per heavy atom. The van der Waals surface area contributed by atoms with E-state index < -0.39 is 84.4 Å². The highest BCUT2D eigenvalue weighted by Gasteiger charge is 2.72. The first-order valence-corrected chi connectivity index (χ1v) is 14.6. The number of carbonyl (C=O) groups is 5. The van der Waals surface area contributed by atoms with Crippen molar-refractivity contribution in [2.75, 3.05) is 20.7 Å². The highest BCUT2D eigenvalue weighted by Crippen LogP contribution is 2.65. The molecule has 0 saturated carbocycles. The normalized spacial score (nSPS) is 27.3. The Labute approximate surface area is 269 Å². The van der Waals surface area contributed by atoms with Gasteiger partial charge < -0.3 is 49.6 Å². The summed E-state index contributed by atoms with van der Waals surface area (Å²) >= 11 is 0. The topological polar surface area (TPSA) is 218 Å². The molecule has 46 heavy (non-hydrogen) atoms. The molecule has 5 N–H and O–H groups in total. The Kier molecular flexibility index (Phi) is 9.92. The fraction of sp³-hybridized carbons (Fsp3) is 0.567. The van der Waals surface area contributed by atoms with Gasteiger partial charge in [0.25, 0.3) is 0 Å². The SMILES string of the molecule is COc1ccc2c3c1O[C@H]1C(OC(=O)[C@H](C)OC(=O)[C@H](CCC(=O)O)NC(=O)C[C@H](O)C(=O)O)=CC[C@@]4(O)[C@H](C2)N(C)CC[C@]314.Cl. The van der Waals surface area contributed by atoms with Crippen molar-refractivity contribution < 1.29 is 63.3 Å². The average molecular weight is 669 g/mol. The predicted molar refractivity (Wildman–Crippen MR) is 157 cm³/mol. The summed E-state index contributed by atoms with van der Waals surface area (Å²) in [7, 11) is 3.48. The first-order valence-electron chi connectivity index (χ1n) is 14.6. The van der Waals surface area contributed by atoms with E-state index in [-0.39, 0.29) is 30.6 Å². The lowest BCUT2D eigenvalue weighted by atomic mass is 9.50. The molecule has 1 amide bonds. The molecular weight excluding hydrogens is 632 g/mol. The molecule has 0 radical (unpaired) electrons. The van der Waals surface area contributed by atoms with Crippen LogP contribution in [0.15, 0.2) is 24.0 Å². The number of nitrogens with zero attached hydrogens (tertiary/aromatic N) is 1. The van der Waals surface area contributed by atoms with Gasteiger partial charge in [-0.15, -0.1) is 12.4 Å². The van der Waals surface area contributed by atoms with E-state index in [1.54, 1.807) is 12.1 Å². The monoisotopic (exact) mass is 668 g/mol. The number of esters is 2. The molecule has 252 valence electrons. The lowest BCUT2D eigenvalue weighted by Gasteiger charge is -2.61. The first-order chi connectivity index (χ1) is 21.2. The van der Waals surface area contributed by atoms with Gasteiger partial charge in [-0.3, -0.25) is 9.59 Å². The van der Waals surface area contributed by atoms with Gasteiger partial charge in [0.15, 0.2) is 29.8 Å². The summed E-state index contributed by atoms with van der Waals surface area (Å²) in [6, 6.07) is 2.00. The number of halogens is 1. The second-order valence-corrected chi connectivity index (χ2v) is 11.9. The Balaban J connectivity index is 0.00000480. The Bertz CT molecular complexity index is 1470. The molecule has 0 aromatic heterocycles. The molecule has 2 aliphatic heterocycles. The van der Waals surface area contributed by atoms with Gasteiger partial charge in [-0.25, -0.2) is 14.4 Å². The van der Waals surface area contributed by atoms with E-state index in [1.807, 2.05) is 13.1 Å². The number of aliphatic carboxylic acids is 2. The second kappa shape index (κ2) is 13.1. The van der Waals surface area contributed by atoms with Crippen LogP contribution in [0.4, 0.5) is 0 Å². The van der Waals surface area contributed by atoms with Crippen molar-refractivity contribution in [2.24, 2.45) is 0 Å². The van der Waals surface area contributed by atoms with E-state index in [4.69, 9.17) is 29.2 Å². The van der Waals surface area contributed by atoms with E-state index in [0.717, 1.165) is 11.1 Å². The standard InChI is InChI=1S/C30H36N2O13.ClH/c1-14(43-28(40)16(5-7-22(35)36)31-21(34)13-17(33)26(37)38)27(39)44-19-8-9-30(41)20-12-15-4-6-18(42-3)24-23(15)29(30,25(19)45-24)10-11-32(20)2;/h4,6,8,14,16-17,20,25,33,41H,5,7,9-13H2,1-3H3,(H,31,34)(H,35,36)(H,37,38);1H/t14-,16-,17-,20-,25-,29-,30+;/m0./s1. The van der Waals surface area contributed by atoms with Crippen LogP contribution in [0.5, 0.6) is 11.5 Å². The Hall–Kier alpha value is -3.92. The molecular formula is C30H37ClN2O13. The number of amides is 1. The van der Waals surface area contributed by atoms with Crippen LogP contribution in [-0.2, 0) is 45.3 Å². The molecule has 15 nitrogen and oxygen atoms in total. The molecule has 2 bridgehead atoms. The van der Waals surface area contributed by atoms with Crippen molar-refractivity contribution in [3.05, 3.63) is 35.1 Å². The van der Waals surface area contributed by atoms with E-state index in [9.17, 15) is 34.2 Å². The third kappa shape index (κ3) is 5.76. The molecule has 5 rings (SSSR count). The number of carboxylic acid groups (broad SMARTS) is 2. The zero-order valence-electron chi connectivity index (χ0n) is 25.4. The highest BCUT2D eigenvalue weighted by atomic mass is 35.5. The number of aliphatic hydroxyl groups excluding tert-OH is 1. The highest BCUT2D eigenvalue weighted by molar-refractivity contribution is 5.89. The average Bonchev–Trinajstić information content (AvgIpc) is 3.34. The zero-order valence-corrected chi connectivity index (χ0v) is 26.2. The van der Waals surface area contributed by atoms with Gasteiger partial charge in [0.2, 0.25) is 5.91 Å². The van der Waals surface area contributed by atoms with Crippen LogP contribution in [0.2, 0.25) is 0 Å². The number of rotatable bonds is 12. The lowest BCUT2D eigenvalue weighted by molar-refractivity contribution is -0.176. The van der Waals surface area contributed by atoms with E-state index in [1.165, 1.54) is 14.0 Å². The van der Waals surface area contributed by atoms with Crippen LogP contribution in [0, 0.1) is 0 Å². The first kappa shape index (κ1) is 34.9. The minimum absolute atomic E-state index is 0. The number of methoxy groups -OCH3 is 1. The number of hydrogen-bond donors (Lipinski definition) is 5. The maximum atomic E-state index is 13.3. The van der Waals surface area contributed by atoms with Gasteiger partial charge in [0.05, 0.1) is 24.5 Å². The summed E-state index contributed by atoms with van der Waals surface area (Å²) in [5.41, 5.74) is -0.314. The molecule has 2 aliphatic carbocycles. The number of likely N-dealkylation sites (N-methyl/N-ethyl adjacent to an activating group) is 1. The third-order valence-corrected chi connectivity index (χ3v) is 9.33. The van der Waals surface area contributed by atoms with E-state index >= 15 is 0 Å². The van der Waals surface area contributed by atoms with Gasteiger partial charge in [0.1, 0.15) is 11.8 Å². The molecule has 4 aliphatic rings. The van der Waals surface area contributed by atoms with Crippen molar-refractivity contribution in [2.45, 2.75) is 86.9 Å². The molecule has 1 spiro atoms. The minimum atomic E-state index is -2.04. The smallest absolute Gasteiger partial charge is 0.352 e. The molecule has 0 unspecified atom stereocenters. The second-order valence-electron chi connectivity index (χ2n) is 11.9. The largest absolute Gasteiger partial charge is 0.493 e. The van der Waals surface area contributed by atoms with Crippen molar-refractivity contribution >= 4 is 42.2 Å². The van der Waals surface area contributed by atoms with Crippen molar-refractivity contribution in [3.8, 4) is 11.5 Å². The maximum Gasteiger partial charge on any atom is 0.352 e. The molecule has 16 heteroatoms. The van der Waals surface area contributed by atoms with Gasteiger partial charge in [0, 0.05) is 24.4 Å². The lowest BCUT2D eigenvalue weighted by Crippen LogP contribution is -2.74. The number of piperidine rings is 1. The summed E-state index contributed by atoms with van der Waals surface area (Å²) in [6.07, 6.45) is -3.43. The molecule has 7 atom stereocenters. The van der Waals surface area contributed by atoms with Gasteiger partial charge >= 0.3 is 23.9 Å². The van der Waals surface area contributed by atoms with Crippen molar-refractivity contribution in [3.63, 3.8) is 0 Å². The number of carboxylic acids is 2. The fourth-order valence-electron chi connectivity index (χ4n) is 7.12. The number of likely N-dealkylation sites (tertiary alicyclic amines) is 1. The van der Waals surface area contributed by atoms with E-state index in [2.05, 4.69) is 10.2 Å². The summed E-state index contributed by atoms with van der Waals surface area (Å²) in [5, 5.41) is 41.8. The number of hydrogen-bond acceptors (Lipinski definition) is 12. The predicted octanol–water partition coefficient (Wildman–Crippen LogP) is 0.0548. The Morgan fingerprint density at radius 3 is 2.54 bits per heavy atom. The molecule has 1 saturated heterocycles. The fourth-order valence-corrected chi connectivity index (χ4v) is 7.12. The van der Waals surface area contributed by atoms with Gasteiger partial charge in [-0.2, -0.15) is 0 Å². The molecule has 1 fully saturated rings. The van der Waals surface area contributed by atoms with Crippen LogP contribution < -0.4 is 14.8 Å². The molecule has 1 aromatic rings. The van der Waals surface area contributed by atoms with Crippen LogP contribution in [0.25, 0.3) is 0 Å². The number of carbonyl (C=O) groups excluding carboxylic acids is 3. The van der Waals surface area contributed by atoms with Crippen LogP contribution in [-0.4, -0.2) is 112 Å². The van der Waals surface area contributed by atoms with Crippen molar-refractivity contribution in [1.29, 1.82) is 0 Å². The summed E-state index contributed by atoms with van der Waals surface area (Å²) in [4.78, 5) is 62.5. The van der Waals surface area contributed by atoms with Crippen LogP contribution >= 0.6 is 12.4 Å². The summed E-state index contributed by atoms with van der Waals surface area (Å²) in [6.45, 7) is 1.89. The maximum absolute atomic E-state index is 13.3. The zero-order chi connectivity index (χ0) is 32.8. The quantitative estimate of drug-likeness (QED) is 0.186. The van der Waals surface area contributed by atoms with E-state index in [0.29, 0.717) is 30.9 Å².